The highest BCUT2D eigenvalue weighted by molar-refractivity contribution is 6.06. The molecule has 0 atom stereocenters. The predicted octanol–water partition coefficient (Wildman–Crippen LogP) is 1.99. The molecule has 26 heavy (non-hydrogen) atoms. The zero-order valence-electron chi connectivity index (χ0n) is 14.2. The van der Waals surface area contributed by atoms with Crippen molar-refractivity contribution in [3.05, 3.63) is 48.3 Å². The number of hydrogen-bond acceptors (Lipinski definition) is 6. The maximum atomic E-state index is 12.1. The predicted molar refractivity (Wildman–Crippen MR) is 95.5 cm³/mol. The lowest BCUT2D eigenvalue weighted by Crippen LogP contribution is -2.21. The average Bonchev–Trinajstić information content (AvgIpc) is 2.66. The Morgan fingerprint density at radius 3 is 2.62 bits per heavy atom. The monoisotopic (exact) mass is 354 g/mol. The summed E-state index contributed by atoms with van der Waals surface area (Å²) in [6, 6.07) is 8.36. The number of rotatable bonds is 5. The number of amides is 2. The molecular formula is C18H18N4O4. The van der Waals surface area contributed by atoms with Gasteiger partial charge < -0.3 is 14.8 Å². The number of nitrogens with zero attached hydrogens (tertiary/aromatic N) is 2. The summed E-state index contributed by atoms with van der Waals surface area (Å²) < 4.78 is 10.9. The minimum absolute atomic E-state index is 0.0467. The average molecular weight is 354 g/mol. The molecule has 8 nitrogen and oxygen atoms in total. The highest BCUT2D eigenvalue weighted by atomic mass is 16.6. The summed E-state index contributed by atoms with van der Waals surface area (Å²) in [7, 11) is 0. The number of carbonyl (C=O) groups is 2. The van der Waals surface area contributed by atoms with Crippen LogP contribution in [0.2, 0.25) is 0 Å². The van der Waals surface area contributed by atoms with Gasteiger partial charge in [0.2, 0.25) is 5.91 Å². The number of ether oxygens (including phenoxy) is 2. The Balaban J connectivity index is 1.53. The van der Waals surface area contributed by atoms with Crippen LogP contribution in [-0.2, 0) is 4.79 Å². The fourth-order valence-corrected chi connectivity index (χ4v) is 2.31. The van der Waals surface area contributed by atoms with Crippen LogP contribution in [0.15, 0.2) is 47.8 Å². The van der Waals surface area contributed by atoms with Gasteiger partial charge in [0.05, 0.1) is 6.42 Å². The van der Waals surface area contributed by atoms with Crippen LogP contribution in [0.25, 0.3) is 0 Å². The summed E-state index contributed by atoms with van der Waals surface area (Å²) in [5.74, 6) is 0.648. The molecule has 0 bridgehead atoms. The molecule has 2 heterocycles. The Hall–Kier alpha value is -3.42. The van der Waals surface area contributed by atoms with Crippen molar-refractivity contribution in [2.24, 2.45) is 5.10 Å². The van der Waals surface area contributed by atoms with Gasteiger partial charge in [0.15, 0.2) is 11.5 Å². The van der Waals surface area contributed by atoms with Gasteiger partial charge in [0.25, 0.3) is 5.91 Å². The van der Waals surface area contributed by atoms with Crippen molar-refractivity contribution in [3.8, 4) is 11.5 Å². The summed E-state index contributed by atoms with van der Waals surface area (Å²) in [6.07, 6.45) is 3.09. The molecule has 8 heteroatoms. The Morgan fingerprint density at radius 1 is 1.12 bits per heavy atom. The van der Waals surface area contributed by atoms with E-state index in [2.05, 4.69) is 20.8 Å². The Kier molecular flexibility index (Phi) is 5.43. The molecule has 2 aromatic rings. The largest absolute Gasteiger partial charge is 0.486 e. The van der Waals surface area contributed by atoms with E-state index < -0.39 is 0 Å². The van der Waals surface area contributed by atoms with Crippen molar-refractivity contribution < 1.29 is 19.1 Å². The molecule has 0 saturated carbocycles. The molecule has 0 radical (unpaired) electrons. The molecule has 1 aliphatic heterocycles. The lowest BCUT2D eigenvalue weighted by molar-refractivity contribution is -0.115. The molecule has 2 N–H and O–H groups in total. The fourth-order valence-electron chi connectivity index (χ4n) is 2.31. The van der Waals surface area contributed by atoms with Crippen molar-refractivity contribution in [3.63, 3.8) is 0 Å². The first kappa shape index (κ1) is 17.4. The second kappa shape index (κ2) is 8.11. The van der Waals surface area contributed by atoms with Crippen molar-refractivity contribution in [2.75, 3.05) is 18.5 Å². The van der Waals surface area contributed by atoms with Crippen LogP contribution < -0.4 is 20.2 Å². The number of benzene rings is 1. The number of pyridine rings is 1. The summed E-state index contributed by atoms with van der Waals surface area (Å²) >= 11 is 0. The van der Waals surface area contributed by atoms with Gasteiger partial charge in [0.1, 0.15) is 13.2 Å². The minimum Gasteiger partial charge on any atom is -0.486 e. The van der Waals surface area contributed by atoms with Crippen LogP contribution in [0, 0.1) is 0 Å². The van der Waals surface area contributed by atoms with Gasteiger partial charge in [-0.3, -0.25) is 14.6 Å². The lowest BCUT2D eigenvalue weighted by Gasteiger charge is -2.19. The first-order chi connectivity index (χ1) is 12.6. The van der Waals surface area contributed by atoms with Crippen LogP contribution >= 0.6 is 0 Å². The minimum atomic E-state index is -0.362. The number of carbonyl (C=O) groups excluding carboxylic acids is 2. The molecule has 2 amide bonds. The topological polar surface area (TPSA) is 102 Å². The van der Waals surface area contributed by atoms with Gasteiger partial charge >= 0.3 is 0 Å². The van der Waals surface area contributed by atoms with Crippen molar-refractivity contribution in [1.29, 1.82) is 0 Å². The third-order valence-electron chi connectivity index (χ3n) is 3.53. The molecule has 1 aromatic carbocycles. The van der Waals surface area contributed by atoms with E-state index in [-0.39, 0.29) is 18.2 Å². The highest BCUT2D eigenvalue weighted by Crippen LogP contribution is 2.32. The number of anilines is 1. The second-order valence-electron chi connectivity index (χ2n) is 5.61. The molecule has 0 fully saturated rings. The zero-order chi connectivity index (χ0) is 18.4. The Morgan fingerprint density at radius 2 is 1.85 bits per heavy atom. The third-order valence-corrected chi connectivity index (χ3v) is 3.53. The molecule has 1 aliphatic rings. The van der Waals surface area contributed by atoms with Crippen LogP contribution in [0.1, 0.15) is 23.7 Å². The number of hydrazone groups is 1. The van der Waals surface area contributed by atoms with E-state index >= 15 is 0 Å². The second-order valence-corrected chi connectivity index (χ2v) is 5.61. The number of hydrogen-bond donors (Lipinski definition) is 2. The van der Waals surface area contributed by atoms with E-state index in [1.807, 2.05) is 0 Å². The van der Waals surface area contributed by atoms with Crippen LogP contribution in [0.3, 0.4) is 0 Å². The molecule has 3 rings (SSSR count). The van der Waals surface area contributed by atoms with E-state index in [9.17, 15) is 9.59 Å². The van der Waals surface area contributed by atoms with E-state index in [1.165, 1.54) is 12.4 Å². The smallest absolute Gasteiger partial charge is 0.271 e. The van der Waals surface area contributed by atoms with E-state index in [0.717, 1.165) is 0 Å². The summed E-state index contributed by atoms with van der Waals surface area (Å²) in [5.41, 5.74) is 3.93. The molecule has 134 valence electrons. The molecule has 0 saturated heterocycles. The van der Waals surface area contributed by atoms with Crippen molar-refractivity contribution in [2.45, 2.75) is 13.3 Å². The van der Waals surface area contributed by atoms with Gasteiger partial charge in [-0.2, -0.15) is 5.10 Å². The van der Waals surface area contributed by atoms with E-state index in [4.69, 9.17) is 9.47 Å². The molecule has 1 aromatic heterocycles. The van der Waals surface area contributed by atoms with Crippen molar-refractivity contribution in [1.82, 2.24) is 10.4 Å². The zero-order valence-corrected chi connectivity index (χ0v) is 14.2. The SMILES string of the molecule is CC(CC(=O)Nc1ccc2c(c1)OCCO2)=NNC(=O)c1ccncc1. The molecule has 0 spiro atoms. The van der Waals surface area contributed by atoms with Gasteiger partial charge in [-0.25, -0.2) is 5.43 Å². The van der Waals surface area contributed by atoms with E-state index in [1.54, 1.807) is 37.3 Å². The van der Waals surface area contributed by atoms with Gasteiger partial charge in [-0.05, 0) is 31.2 Å². The molecule has 0 aliphatic carbocycles. The molecular weight excluding hydrogens is 336 g/mol. The summed E-state index contributed by atoms with van der Waals surface area (Å²) in [5, 5.41) is 6.71. The van der Waals surface area contributed by atoms with E-state index in [0.29, 0.717) is 41.7 Å². The van der Waals surface area contributed by atoms with Gasteiger partial charge in [-0.15, -0.1) is 0 Å². The number of nitrogens with one attached hydrogen (secondary N) is 2. The molecule has 0 unspecified atom stereocenters. The maximum Gasteiger partial charge on any atom is 0.271 e. The van der Waals surface area contributed by atoms with Crippen LogP contribution in [0.4, 0.5) is 5.69 Å². The summed E-state index contributed by atoms with van der Waals surface area (Å²) in [4.78, 5) is 27.9. The highest BCUT2D eigenvalue weighted by Gasteiger charge is 2.13. The van der Waals surface area contributed by atoms with Gasteiger partial charge in [-0.1, -0.05) is 0 Å². The normalized spacial score (nSPS) is 13.0. The number of fused-ring (bicyclic) bond motifs is 1. The summed E-state index contributed by atoms with van der Waals surface area (Å²) in [6.45, 7) is 2.66. The maximum absolute atomic E-state index is 12.1. The number of aromatic nitrogens is 1. The quantitative estimate of drug-likeness (QED) is 0.631. The first-order valence-corrected chi connectivity index (χ1v) is 8.05. The lowest BCUT2D eigenvalue weighted by atomic mass is 10.2. The van der Waals surface area contributed by atoms with Crippen LogP contribution in [0.5, 0.6) is 11.5 Å². The Labute approximate surface area is 150 Å². The fraction of sp³-hybridized carbons (Fsp3) is 0.222. The third kappa shape index (κ3) is 4.56. The first-order valence-electron chi connectivity index (χ1n) is 8.05. The van der Waals surface area contributed by atoms with Crippen LogP contribution in [-0.4, -0.2) is 35.7 Å². The standard InChI is InChI=1S/C18H18N4O4/c1-12(21-22-18(24)13-4-6-19-7-5-13)10-17(23)20-14-2-3-15-16(11-14)26-9-8-25-15/h2-7,11H,8-10H2,1H3,(H,20,23)(H,22,24). The van der Waals surface area contributed by atoms with Gasteiger partial charge in [0, 0.05) is 35.4 Å². The Bertz CT molecular complexity index is 836. The van der Waals surface area contributed by atoms with Crippen molar-refractivity contribution >= 4 is 23.2 Å².